The van der Waals surface area contributed by atoms with E-state index in [2.05, 4.69) is 30.7 Å². The first-order valence-corrected chi connectivity index (χ1v) is 13.2. The number of benzene rings is 2. The van der Waals surface area contributed by atoms with Crippen molar-refractivity contribution in [3.63, 3.8) is 0 Å². The second-order valence-corrected chi connectivity index (χ2v) is 9.65. The van der Waals surface area contributed by atoms with Crippen molar-refractivity contribution in [2.75, 3.05) is 35.5 Å². The van der Waals surface area contributed by atoms with Crippen LogP contribution in [0.5, 0.6) is 0 Å². The second-order valence-electron chi connectivity index (χ2n) is 8.84. The molecule has 0 saturated heterocycles. The van der Waals surface area contributed by atoms with Crippen molar-refractivity contribution in [2.45, 2.75) is 20.8 Å². The highest BCUT2D eigenvalue weighted by atomic mass is 35.5. The van der Waals surface area contributed by atoms with Gasteiger partial charge in [0, 0.05) is 23.5 Å². The van der Waals surface area contributed by atoms with Crippen LogP contribution in [0.15, 0.2) is 63.4 Å². The Bertz CT molecular complexity index is 1630. The maximum absolute atomic E-state index is 12.0. The predicted molar refractivity (Wildman–Crippen MR) is 162 cm³/mol. The Morgan fingerprint density at radius 3 is 1.49 bits per heavy atom. The van der Waals surface area contributed by atoms with Crippen molar-refractivity contribution in [1.29, 1.82) is 0 Å². The molecule has 0 bridgehead atoms. The van der Waals surface area contributed by atoms with Crippen LogP contribution in [0.3, 0.4) is 0 Å². The van der Waals surface area contributed by atoms with Crippen molar-refractivity contribution < 1.29 is 37.5 Å². The summed E-state index contributed by atoms with van der Waals surface area (Å²) in [4.78, 5) is 47.0. The molecule has 226 valence electrons. The largest absolute Gasteiger partial charge is 0.463 e. The molecule has 0 unspecified atom stereocenters. The molecule has 2 aromatic carbocycles. The fraction of sp³-hybridized carbons (Fsp3) is 0.172. The Labute approximate surface area is 256 Å². The monoisotopic (exact) mass is 630 g/mol. The number of carbonyl (C=O) groups is 4. The molecule has 14 heteroatoms. The number of anilines is 4. The highest BCUT2D eigenvalue weighted by Crippen LogP contribution is 2.26. The molecule has 0 fully saturated rings. The zero-order valence-corrected chi connectivity index (χ0v) is 25.2. The van der Waals surface area contributed by atoms with E-state index in [-0.39, 0.29) is 22.9 Å². The number of urea groups is 2. The Balaban J connectivity index is 0.000000236. The summed E-state index contributed by atoms with van der Waals surface area (Å²) in [5, 5.41) is 11.0. The van der Waals surface area contributed by atoms with Crippen LogP contribution < -0.4 is 21.3 Å². The van der Waals surface area contributed by atoms with Crippen molar-refractivity contribution in [3.8, 4) is 0 Å². The fourth-order valence-corrected chi connectivity index (χ4v) is 3.78. The Kier molecular flexibility index (Phi) is 11.2. The Hall–Kier alpha value is -4.94. The van der Waals surface area contributed by atoms with E-state index in [0.717, 1.165) is 5.56 Å². The average molecular weight is 631 g/mol. The number of aryl methyl sites for hydroxylation is 3. The standard InChI is InChI=1S/C15H16N2O4.C14H12Cl2N2O4/c1-9-4-6-11(7-5-9)16-15(19)17-12-8-10(2)21-13(12)14(18)20-3;1-7-5-11(12(22-7)13(19)21-2)18-14(20)17-8-3-4-9(15)10(16)6-8/h4-8H,1-3H3,(H2,16,17,19);3-6H,1-2H3,(H2,17,18,20). The normalized spacial score (nSPS) is 10.1. The van der Waals surface area contributed by atoms with Crippen LogP contribution in [0.4, 0.5) is 32.3 Å². The second kappa shape index (κ2) is 14.8. The lowest BCUT2D eigenvalue weighted by Crippen LogP contribution is -2.20. The summed E-state index contributed by atoms with van der Waals surface area (Å²) in [7, 11) is 2.47. The van der Waals surface area contributed by atoms with E-state index in [1.807, 2.05) is 19.1 Å². The van der Waals surface area contributed by atoms with Gasteiger partial charge in [-0.05, 0) is 51.1 Å². The third kappa shape index (κ3) is 9.28. The molecule has 0 aliphatic carbocycles. The summed E-state index contributed by atoms with van der Waals surface area (Å²) in [6, 6.07) is 14.0. The zero-order chi connectivity index (χ0) is 31.7. The summed E-state index contributed by atoms with van der Waals surface area (Å²) < 4.78 is 19.6. The molecule has 0 atom stereocenters. The lowest BCUT2D eigenvalue weighted by atomic mass is 10.2. The summed E-state index contributed by atoms with van der Waals surface area (Å²) in [6.45, 7) is 5.28. The number of esters is 2. The molecule has 4 N–H and O–H groups in total. The summed E-state index contributed by atoms with van der Waals surface area (Å²) in [6.07, 6.45) is 0. The number of halogens is 2. The van der Waals surface area contributed by atoms with Gasteiger partial charge in [0.1, 0.15) is 11.5 Å². The third-order valence-electron chi connectivity index (χ3n) is 5.44. The summed E-state index contributed by atoms with van der Waals surface area (Å²) >= 11 is 11.7. The average Bonchev–Trinajstić information content (AvgIpc) is 3.52. The molecular formula is C29H28Cl2N4O8. The number of furan rings is 2. The van der Waals surface area contributed by atoms with E-state index in [0.29, 0.717) is 32.9 Å². The summed E-state index contributed by atoms with van der Waals surface area (Å²) in [5.74, 6) is -0.476. The first kappa shape index (κ1) is 32.6. The maximum atomic E-state index is 12.0. The summed E-state index contributed by atoms with van der Waals surface area (Å²) in [5.41, 5.74) is 2.68. The number of methoxy groups -OCH3 is 2. The van der Waals surface area contributed by atoms with Gasteiger partial charge < -0.3 is 39.6 Å². The van der Waals surface area contributed by atoms with Gasteiger partial charge in [0.15, 0.2) is 0 Å². The highest BCUT2D eigenvalue weighted by Gasteiger charge is 2.21. The Morgan fingerprint density at radius 1 is 0.605 bits per heavy atom. The van der Waals surface area contributed by atoms with Gasteiger partial charge >= 0.3 is 24.0 Å². The first-order valence-electron chi connectivity index (χ1n) is 12.4. The minimum Gasteiger partial charge on any atom is -0.463 e. The number of hydrogen-bond acceptors (Lipinski definition) is 8. The molecule has 4 rings (SSSR count). The van der Waals surface area contributed by atoms with Gasteiger partial charge in [-0.2, -0.15) is 0 Å². The van der Waals surface area contributed by atoms with Gasteiger partial charge in [-0.3, -0.25) is 0 Å². The third-order valence-corrected chi connectivity index (χ3v) is 6.17. The molecule has 0 radical (unpaired) electrons. The van der Waals surface area contributed by atoms with Crippen LogP contribution in [-0.2, 0) is 9.47 Å². The topological polar surface area (TPSA) is 161 Å². The molecule has 4 amide bonds. The maximum Gasteiger partial charge on any atom is 0.376 e. The van der Waals surface area contributed by atoms with Gasteiger partial charge in [0.05, 0.1) is 35.6 Å². The number of amides is 4. The molecule has 0 saturated carbocycles. The number of carbonyl (C=O) groups excluding carboxylic acids is 4. The molecule has 4 aromatic rings. The molecule has 0 spiro atoms. The minimum absolute atomic E-state index is 0.0333. The van der Waals surface area contributed by atoms with Crippen LogP contribution in [-0.4, -0.2) is 38.2 Å². The lowest BCUT2D eigenvalue weighted by molar-refractivity contribution is 0.0557. The quantitative estimate of drug-likeness (QED) is 0.158. The van der Waals surface area contributed by atoms with Crippen LogP contribution in [0, 0.1) is 20.8 Å². The van der Waals surface area contributed by atoms with Crippen molar-refractivity contribution in [3.05, 3.63) is 93.2 Å². The lowest BCUT2D eigenvalue weighted by Gasteiger charge is -2.08. The number of nitrogens with one attached hydrogen (secondary N) is 4. The SMILES string of the molecule is COC(=O)c1oc(C)cc1NC(=O)Nc1ccc(C)cc1.COC(=O)c1oc(C)cc1NC(=O)Nc1ccc(Cl)c(Cl)c1. The van der Waals surface area contributed by atoms with E-state index in [9.17, 15) is 19.2 Å². The smallest absolute Gasteiger partial charge is 0.376 e. The number of ether oxygens (including phenoxy) is 2. The van der Waals surface area contributed by atoms with Crippen molar-refractivity contribution in [1.82, 2.24) is 0 Å². The van der Waals surface area contributed by atoms with Gasteiger partial charge in [-0.25, -0.2) is 19.2 Å². The number of hydrogen-bond donors (Lipinski definition) is 4. The van der Waals surface area contributed by atoms with Gasteiger partial charge in [0.2, 0.25) is 11.5 Å². The van der Waals surface area contributed by atoms with E-state index >= 15 is 0 Å². The van der Waals surface area contributed by atoms with Crippen LogP contribution >= 0.6 is 23.2 Å². The highest BCUT2D eigenvalue weighted by molar-refractivity contribution is 6.42. The molecule has 43 heavy (non-hydrogen) atoms. The van der Waals surface area contributed by atoms with Gasteiger partial charge in [-0.15, -0.1) is 0 Å². The molecule has 12 nitrogen and oxygen atoms in total. The fourth-order valence-electron chi connectivity index (χ4n) is 3.48. The Morgan fingerprint density at radius 2 is 1.05 bits per heavy atom. The molecule has 0 aliphatic rings. The predicted octanol–water partition coefficient (Wildman–Crippen LogP) is 7.65. The van der Waals surface area contributed by atoms with E-state index < -0.39 is 24.0 Å². The molecule has 2 aromatic heterocycles. The minimum atomic E-state index is -0.682. The molecule has 0 aliphatic heterocycles. The molecule has 2 heterocycles. The zero-order valence-electron chi connectivity index (χ0n) is 23.7. The van der Waals surface area contributed by atoms with Crippen molar-refractivity contribution >= 4 is 70.0 Å². The van der Waals surface area contributed by atoms with Crippen LogP contribution in [0.25, 0.3) is 0 Å². The van der Waals surface area contributed by atoms with E-state index in [1.165, 1.54) is 26.4 Å². The van der Waals surface area contributed by atoms with Gasteiger partial charge in [0.25, 0.3) is 0 Å². The first-order chi connectivity index (χ1) is 20.4. The van der Waals surface area contributed by atoms with E-state index in [4.69, 9.17) is 32.0 Å². The molecular weight excluding hydrogens is 603 g/mol. The van der Waals surface area contributed by atoms with Crippen LogP contribution in [0.1, 0.15) is 38.2 Å². The van der Waals surface area contributed by atoms with Gasteiger partial charge in [-0.1, -0.05) is 40.9 Å². The van der Waals surface area contributed by atoms with Crippen molar-refractivity contribution in [2.24, 2.45) is 0 Å². The number of rotatable bonds is 6. The van der Waals surface area contributed by atoms with E-state index in [1.54, 1.807) is 44.2 Å². The van der Waals surface area contributed by atoms with Crippen LogP contribution in [0.2, 0.25) is 10.0 Å².